The second-order valence-corrected chi connectivity index (χ2v) is 9.28. The average molecular weight is 523 g/mol. The van der Waals surface area contributed by atoms with E-state index in [1.54, 1.807) is 41.4 Å². The number of benzene rings is 3. The van der Waals surface area contributed by atoms with Crippen LogP contribution in [0.5, 0.6) is 0 Å². The molecule has 1 aromatic heterocycles. The standard InChI is InChI=1S/C35H30N4O/c1-3-5-6-7-10-26(4-2)24-39(25-28-16-14-27(22-36)15-17-28)35(40)30-18-19-31(23-37)33(21-30)32-13-8-11-29-12-9-20-38-34(29)32/h4-21H,3,24-25H2,1-2H3/b6-5+,10-7-,26-4+. The number of amides is 1. The van der Waals surface area contributed by atoms with Gasteiger partial charge in [-0.25, -0.2) is 0 Å². The highest BCUT2D eigenvalue weighted by Gasteiger charge is 2.20. The molecule has 196 valence electrons. The Morgan fingerprint density at radius 2 is 1.75 bits per heavy atom. The minimum absolute atomic E-state index is 0.153. The molecule has 0 radical (unpaired) electrons. The first kappa shape index (κ1) is 27.8. The number of hydrogen-bond donors (Lipinski definition) is 0. The molecule has 0 saturated carbocycles. The fourth-order valence-electron chi connectivity index (χ4n) is 4.46. The monoisotopic (exact) mass is 522 g/mol. The van der Waals surface area contributed by atoms with E-state index in [4.69, 9.17) is 0 Å². The maximum atomic E-state index is 14.1. The Balaban J connectivity index is 1.74. The third kappa shape index (κ3) is 6.59. The second kappa shape index (κ2) is 13.5. The summed E-state index contributed by atoms with van der Waals surface area (Å²) >= 11 is 0. The number of para-hydroxylation sites is 1. The molecule has 4 aromatic rings. The molecule has 1 heterocycles. The molecule has 0 aliphatic rings. The topological polar surface area (TPSA) is 80.8 Å². The van der Waals surface area contributed by atoms with Gasteiger partial charge in [0.1, 0.15) is 0 Å². The van der Waals surface area contributed by atoms with Gasteiger partial charge in [0.05, 0.1) is 28.8 Å². The maximum Gasteiger partial charge on any atom is 0.254 e. The van der Waals surface area contributed by atoms with Crippen molar-refractivity contribution in [2.45, 2.75) is 26.8 Å². The Hall–Kier alpha value is -5.26. The Morgan fingerprint density at radius 1 is 0.950 bits per heavy atom. The first-order valence-electron chi connectivity index (χ1n) is 13.2. The van der Waals surface area contributed by atoms with Gasteiger partial charge < -0.3 is 4.90 Å². The van der Waals surface area contributed by atoms with Crippen molar-refractivity contribution in [3.8, 4) is 23.3 Å². The van der Waals surface area contributed by atoms with Crippen LogP contribution in [0.4, 0.5) is 0 Å². The number of pyridine rings is 1. The van der Waals surface area contributed by atoms with Gasteiger partial charge in [-0.05, 0) is 60.9 Å². The summed E-state index contributed by atoms with van der Waals surface area (Å²) in [4.78, 5) is 20.4. The third-order valence-electron chi connectivity index (χ3n) is 6.59. The quantitative estimate of drug-likeness (QED) is 0.210. The van der Waals surface area contributed by atoms with E-state index in [1.807, 2.05) is 73.7 Å². The molecule has 5 nitrogen and oxygen atoms in total. The van der Waals surface area contributed by atoms with Crippen LogP contribution in [-0.4, -0.2) is 22.3 Å². The minimum atomic E-state index is -0.153. The zero-order valence-corrected chi connectivity index (χ0v) is 22.7. The fourth-order valence-corrected chi connectivity index (χ4v) is 4.46. The molecule has 0 aliphatic heterocycles. The van der Waals surface area contributed by atoms with E-state index in [0.717, 1.165) is 34.0 Å². The van der Waals surface area contributed by atoms with Crippen LogP contribution in [0, 0.1) is 22.7 Å². The van der Waals surface area contributed by atoms with Crippen LogP contribution in [0.3, 0.4) is 0 Å². The molecular formula is C35H30N4O. The van der Waals surface area contributed by atoms with E-state index >= 15 is 0 Å². The molecule has 0 spiro atoms. The molecule has 5 heteroatoms. The molecule has 0 saturated heterocycles. The molecule has 0 unspecified atom stereocenters. The molecular weight excluding hydrogens is 492 g/mol. The molecule has 0 atom stereocenters. The van der Waals surface area contributed by atoms with Crippen LogP contribution in [0.2, 0.25) is 0 Å². The number of carbonyl (C=O) groups excluding carboxylic acids is 1. The van der Waals surface area contributed by atoms with Gasteiger partial charge in [-0.1, -0.05) is 73.7 Å². The highest BCUT2D eigenvalue weighted by Crippen LogP contribution is 2.31. The fraction of sp³-hybridized carbons (Fsp3) is 0.143. The molecule has 3 aromatic carbocycles. The zero-order chi connectivity index (χ0) is 28.3. The van der Waals surface area contributed by atoms with Crippen LogP contribution in [0.1, 0.15) is 47.3 Å². The molecule has 1 amide bonds. The van der Waals surface area contributed by atoms with Crippen molar-refractivity contribution < 1.29 is 4.79 Å². The maximum absolute atomic E-state index is 14.1. The van der Waals surface area contributed by atoms with Crippen molar-refractivity contribution in [2.24, 2.45) is 0 Å². The number of nitrogens with zero attached hydrogens (tertiary/aromatic N) is 4. The summed E-state index contributed by atoms with van der Waals surface area (Å²) in [6, 6.07) is 26.6. The van der Waals surface area contributed by atoms with Gasteiger partial charge in [0.25, 0.3) is 5.91 Å². The number of aromatic nitrogens is 1. The number of nitriles is 2. The van der Waals surface area contributed by atoms with Gasteiger partial charge in [0, 0.05) is 41.4 Å². The smallest absolute Gasteiger partial charge is 0.254 e. The third-order valence-corrected chi connectivity index (χ3v) is 6.59. The first-order valence-corrected chi connectivity index (χ1v) is 13.2. The first-order chi connectivity index (χ1) is 19.6. The summed E-state index contributed by atoms with van der Waals surface area (Å²) in [5.41, 5.74) is 5.71. The van der Waals surface area contributed by atoms with Crippen molar-refractivity contribution in [1.29, 1.82) is 10.5 Å². The predicted octanol–water partition coefficient (Wildman–Crippen LogP) is 7.76. The van der Waals surface area contributed by atoms with Crippen molar-refractivity contribution in [2.75, 3.05) is 6.54 Å². The van der Waals surface area contributed by atoms with Gasteiger partial charge in [-0.3, -0.25) is 9.78 Å². The van der Waals surface area contributed by atoms with Crippen LogP contribution >= 0.6 is 0 Å². The molecule has 4 rings (SSSR count). The van der Waals surface area contributed by atoms with E-state index in [0.29, 0.717) is 35.3 Å². The Morgan fingerprint density at radius 3 is 2.48 bits per heavy atom. The number of carbonyl (C=O) groups is 1. The van der Waals surface area contributed by atoms with Crippen molar-refractivity contribution in [3.05, 3.63) is 137 Å². The molecule has 0 bridgehead atoms. The Kier molecular flexibility index (Phi) is 9.38. The number of hydrogen-bond acceptors (Lipinski definition) is 4. The summed E-state index contributed by atoms with van der Waals surface area (Å²) in [5.74, 6) is -0.153. The van der Waals surface area contributed by atoms with Gasteiger partial charge in [0.15, 0.2) is 0 Å². The van der Waals surface area contributed by atoms with Crippen LogP contribution in [0.25, 0.3) is 22.0 Å². The van der Waals surface area contributed by atoms with Crippen LogP contribution in [-0.2, 0) is 6.54 Å². The summed E-state index contributed by atoms with van der Waals surface area (Å²) in [6.45, 7) is 4.81. The zero-order valence-electron chi connectivity index (χ0n) is 22.7. The summed E-state index contributed by atoms with van der Waals surface area (Å²) in [6.07, 6.45) is 12.8. The van der Waals surface area contributed by atoms with E-state index in [-0.39, 0.29) is 5.91 Å². The van der Waals surface area contributed by atoms with Crippen LogP contribution in [0.15, 0.2) is 115 Å². The van der Waals surface area contributed by atoms with Gasteiger partial charge in [-0.15, -0.1) is 0 Å². The summed E-state index contributed by atoms with van der Waals surface area (Å²) in [5, 5.41) is 20.0. The Bertz CT molecular complexity index is 1680. The van der Waals surface area contributed by atoms with Crippen molar-refractivity contribution in [3.63, 3.8) is 0 Å². The van der Waals surface area contributed by atoms with Crippen LogP contribution < -0.4 is 0 Å². The largest absolute Gasteiger partial charge is 0.330 e. The van der Waals surface area contributed by atoms with Crippen molar-refractivity contribution >= 4 is 16.8 Å². The lowest BCUT2D eigenvalue weighted by Gasteiger charge is -2.24. The minimum Gasteiger partial charge on any atom is -0.330 e. The average Bonchev–Trinajstić information content (AvgIpc) is 3.01. The molecule has 40 heavy (non-hydrogen) atoms. The summed E-state index contributed by atoms with van der Waals surface area (Å²) < 4.78 is 0. The summed E-state index contributed by atoms with van der Waals surface area (Å²) in [7, 11) is 0. The SMILES string of the molecule is C\C=C(/C=C\C=C\CC)CN(Cc1ccc(C#N)cc1)C(=O)c1ccc(C#N)c(-c2cccc3cccnc23)c1. The van der Waals surface area contributed by atoms with Gasteiger partial charge in [-0.2, -0.15) is 10.5 Å². The molecule has 0 fully saturated rings. The highest BCUT2D eigenvalue weighted by molar-refractivity contribution is 5.99. The lowest BCUT2D eigenvalue weighted by atomic mass is 9.95. The predicted molar refractivity (Wildman–Crippen MR) is 160 cm³/mol. The van der Waals surface area contributed by atoms with Gasteiger partial charge in [0.2, 0.25) is 0 Å². The van der Waals surface area contributed by atoms with E-state index in [2.05, 4.69) is 30.1 Å². The number of allylic oxidation sites excluding steroid dienone is 4. The van der Waals surface area contributed by atoms with E-state index in [1.165, 1.54) is 0 Å². The van der Waals surface area contributed by atoms with E-state index in [9.17, 15) is 15.3 Å². The number of rotatable bonds is 9. The lowest BCUT2D eigenvalue weighted by molar-refractivity contribution is 0.0759. The normalized spacial score (nSPS) is 11.6. The van der Waals surface area contributed by atoms with E-state index < -0.39 is 0 Å². The lowest BCUT2D eigenvalue weighted by Crippen LogP contribution is -2.32. The number of fused-ring (bicyclic) bond motifs is 1. The molecule has 0 N–H and O–H groups in total. The highest BCUT2D eigenvalue weighted by atomic mass is 16.2. The molecule has 0 aliphatic carbocycles. The van der Waals surface area contributed by atoms with Gasteiger partial charge >= 0.3 is 0 Å². The second-order valence-electron chi connectivity index (χ2n) is 9.28. The Labute approximate surface area is 235 Å². The van der Waals surface area contributed by atoms with Crippen molar-refractivity contribution in [1.82, 2.24) is 9.88 Å².